The molecule has 0 aromatic heterocycles. The molecule has 5 heterocycles. The Morgan fingerprint density at radius 2 is 0.413 bits per heavy atom. The Balaban J connectivity index is -0.0000000705. The summed E-state index contributed by atoms with van der Waals surface area (Å²) in [6.45, 7) is 36.7. The zero-order valence-corrected chi connectivity index (χ0v) is 117. The number of rotatable bonds is 48. The third-order valence-electron chi connectivity index (χ3n) is 13.4. The van der Waals surface area contributed by atoms with Crippen molar-refractivity contribution >= 4 is 97.1 Å². The van der Waals surface area contributed by atoms with Gasteiger partial charge >= 0.3 is 0 Å². The minimum Gasteiger partial charge on any atom is -0.686 e. The van der Waals surface area contributed by atoms with Crippen molar-refractivity contribution in [3.63, 3.8) is 0 Å². The van der Waals surface area contributed by atoms with Gasteiger partial charge in [-0.2, -0.15) is 0 Å². The van der Waals surface area contributed by atoms with Crippen LogP contribution in [0.2, 0.25) is 0 Å². The van der Waals surface area contributed by atoms with Gasteiger partial charge in [0.15, 0.2) is 43.7 Å². The minimum absolute atomic E-state index is 0. The van der Waals surface area contributed by atoms with E-state index < -0.39 is 180 Å². The molecular formula is C60H69NO42Y18-18. The van der Waals surface area contributed by atoms with Crippen molar-refractivity contribution in [1.82, 2.24) is 5.32 Å². The van der Waals surface area contributed by atoms with Crippen molar-refractivity contribution in [2.24, 2.45) is 0 Å². The van der Waals surface area contributed by atoms with Gasteiger partial charge in [-0.05, 0) is 0 Å². The molecular weight excluding hydrogens is 3010 g/mol. The van der Waals surface area contributed by atoms with Gasteiger partial charge in [0.1, 0.15) is 104 Å². The fraction of sp³-hybridized carbons (Fsp3) is 0.650. The Morgan fingerprint density at radius 3 is 0.628 bits per heavy atom. The van der Waals surface area contributed by atoms with E-state index in [1.165, 1.54) is 66.6 Å². The maximum absolute atomic E-state index is 11.2. The maximum Gasteiger partial charge on any atom is 0.196 e. The molecule has 5 rings (SSSR count). The zero-order valence-electron chi connectivity index (χ0n) is 66.1. The van der Waals surface area contributed by atoms with Gasteiger partial charge in [-0.3, -0.25) is 6.58 Å². The molecule has 0 spiro atoms. The normalized spacial score (nSPS) is 27.2. The predicted octanol–water partition coefficient (Wildman–Crippen LogP) is -5.16. The molecule has 5 aliphatic heterocycles. The summed E-state index contributed by atoms with van der Waals surface area (Å²) in [6.07, 6.45) is -27.3. The summed E-state index contributed by atoms with van der Waals surface area (Å²) in [7, 11) is 3.80. The van der Waals surface area contributed by atoms with Gasteiger partial charge in [0.05, 0.1) is 39.1 Å². The summed E-state index contributed by atoms with van der Waals surface area (Å²) < 4.78 is 137. The molecule has 43 nitrogen and oxygen atoms in total. The molecule has 121 heavy (non-hydrogen) atoms. The summed E-state index contributed by atoms with van der Waals surface area (Å²) in [5.41, 5.74) is 0. The fourth-order valence-electron chi connectivity index (χ4n) is 9.73. The summed E-state index contributed by atoms with van der Waals surface area (Å²) in [4.78, 5) is 163. The molecule has 5 fully saturated rings. The number of methoxy groups -OCH3 is 3. The van der Waals surface area contributed by atoms with E-state index in [1.807, 2.05) is 41.5 Å². The minimum atomic E-state index is -1.77. The smallest absolute Gasteiger partial charge is 0.196 e. The molecule has 0 bridgehead atoms. The number of hydrogen-bond acceptors (Lipinski definition) is 43. The number of hydrogen-bond donors (Lipinski definition) is 1. The van der Waals surface area contributed by atoms with Gasteiger partial charge in [0.2, 0.25) is 0 Å². The van der Waals surface area contributed by atoms with Crippen LogP contribution in [0.3, 0.4) is 0 Å². The van der Waals surface area contributed by atoms with Crippen molar-refractivity contribution in [2.75, 3.05) is 54.4 Å². The molecule has 0 aliphatic carbocycles. The van der Waals surface area contributed by atoms with E-state index in [1.54, 1.807) is 0 Å². The van der Waals surface area contributed by atoms with Gasteiger partial charge in [0.25, 0.3) is 0 Å². The second-order valence-corrected chi connectivity index (χ2v) is 18.1. The third-order valence-corrected chi connectivity index (χ3v) is 13.4. The van der Waals surface area contributed by atoms with Crippen molar-refractivity contribution in [3.05, 3.63) is 38.5 Å². The van der Waals surface area contributed by atoms with E-state index >= 15 is 0 Å². The molecule has 2 unspecified atom stereocenters. The summed E-state index contributed by atoms with van der Waals surface area (Å²) in [5.74, 6) is 0. The van der Waals surface area contributed by atoms with Crippen LogP contribution in [0, 0.1) is 18.7 Å². The molecule has 0 aromatic carbocycles. The maximum atomic E-state index is 11.2. The van der Waals surface area contributed by atoms with Crippen LogP contribution in [-0.2, 0) is 789 Å². The first-order chi connectivity index (χ1) is 50.3. The van der Waals surface area contributed by atoms with Crippen molar-refractivity contribution in [3.8, 4) is 0 Å². The topological polar surface area (TPSA) is 517 Å². The molecule has 0 amide bonds. The summed E-state index contributed by atoms with van der Waals surface area (Å²) in [5, 5.41) is 2.64. The molecule has 25 atom stereocenters. The largest absolute Gasteiger partial charge is 0.686 e. The van der Waals surface area contributed by atoms with E-state index in [0.29, 0.717) is 0 Å². The van der Waals surface area contributed by atoms with Gasteiger partial charge in [0, 0.05) is 610 Å². The summed E-state index contributed by atoms with van der Waals surface area (Å²) >= 11 is 0. The van der Waals surface area contributed by atoms with Crippen LogP contribution in [-0.4, -0.2) is 305 Å². The van der Waals surface area contributed by atoms with Crippen molar-refractivity contribution < 1.29 is 789 Å². The second kappa shape index (κ2) is 117. The second-order valence-electron chi connectivity index (χ2n) is 18.1. The Hall–Kier alpha value is 10.1. The third kappa shape index (κ3) is 63.7. The number of carbonyl (C=O) groups excluding carboxylic acids is 15. The van der Waals surface area contributed by atoms with Crippen LogP contribution in [0.1, 0.15) is 41.5 Å². The van der Waals surface area contributed by atoms with Crippen LogP contribution in [0.15, 0.2) is 19.7 Å². The van der Waals surface area contributed by atoms with Gasteiger partial charge < -0.3 is 224 Å². The summed E-state index contributed by atoms with van der Waals surface area (Å²) in [6, 6.07) is -0.774. The number of ether oxygens (including phenoxy) is 27. The zero-order chi connectivity index (χ0) is 77.5. The average Bonchev–Trinajstić information content (AvgIpc) is 0.781. The van der Waals surface area contributed by atoms with E-state index in [9.17, 15) is 71.9 Å². The van der Waals surface area contributed by atoms with E-state index in [2.05, 4.69) is 67.5 Å². The first-order valence-electron chi connectivity index (χ1n) is 29.3. The fourth-order valence-corrected chi connectivity index (χ4v) is 9.73. The molecule has 0 aromatic rings. The quantitative estimate of drug-likeness (QED) is 0.0258. The van der Waals surface area contributed by atoms with Gasteiger partial charge in [-0.25, -0.2) is 13.2 Å². The monoisotopic (exact) mass is 3080 g/mol. The van der Waals surface area contributed by atoms with Crippen LogP contribution in [0.4, 0.5) is 0 Å². The van der Waals surface area contributed by atoms with Crippen molar-refractivity contribution in [1.29, 1.82) is 0 Å². The van der Waals surface area contributed by atoms with Crippen LogP contribution >= 0.6 is 0 Å². The van der Waals surface area contributed by atoms with Crippen LogP contribution in [0.25, 0.3) is 0 Å². The van der Waals surface area contributed by atoms with E-state index in [4.69, 9.17) is 104 Å². The molecule has 1 N–H and O–H groups in total. The molecule has 0 saturated carbocycles. The van der Waals surface area contributed by atoms with Crippen LogP contribution in [0.5, 0.6) is 0 Å². The Kier molecular flexibility index (Phi) is 171. The Labute approximate surface area is 1150 Å². The molecule has 638 valence electrons. The van der Waals surface area contributed by atoms with Gasteiger partial charge in [-0.15, -0.1) is 0 Å². The first kappa shape index (κ1) is 177. The molecule has 61 heteroatoms. The molecule has 5 aliphatic rings. The molecule has 18 radical (unpaired) electrons. The SMILES string of the molecule is C=[C-]N[C@H]1[C@H](OC)O[C@H](CO[C-]=O)[C@@H](O[C-]=O)[C@@H]1O[C-]=O.C=[C-]O[C@H]1C(OC)O[C@H](CO[C-]=O)[C@@H](O[C@@H]2O[C@H](CO[C-]=O)[C@H](O[C-]=O)[C@H](O[C-]=O)[C@H]2O[C-]=O)[C@@H]1O[C-]=O.C=[C-]O[C@H]1C(OC)O[C@H](CO[C-]=O)[C@@H](O[C@H]2O[C@H](CO[C-]=O)[C@@H](O[C-]=O)[C@H](O[C-]=O)[C@H]2O[C-]=O)[C@@H]1O[C-]=O.CC.CC.CC.[Y].[Y].[Y].[Y].[Y].[Y].[Y].[Y].[Y].[Y].[Y].[Y].[Y].[Y].[Y].[Y].[Y].[Y]. The number of nitrogens with one attached hydrogen (secondary N) is 1. The van der Waals surface area contributed by atoms with E-state index in [0.717, 1.165) is 51.8 Å². The Morgan fingerprint density at radius 1 is 0.231 bits per heavy atom. The standard InChI is InChI=1S/2C21H19O17.C12H13NO8.3C2H6.18Y/c2*1-3-31-18-17(34-10-26)15(13(5-30-7-23)36-20(18)28-2)38-21-19(35-11-27)16(33-9-25)14(32-8-24)12(37-21)4-29-6-22;1-3-13-9-11(20-7-16)10(19-6-15)8(4-18-5-14)21-12(9)17-2;3*1-2;;;;;;;;;;;;;;;;;;/h2*12-21H,1,4-5H2,2H3;8-13H,1,4H2,2H3;3*1-2H3;;;;;;;;;;;;;;;;;;/q2*-7;-4;;;;;;;;;;;;;;;;;;;;;/t12-,13-,14+,15-,16+,17+,18-,19-,20?,21+;12-,13-,14-,15-,16+,17+,18-,19-,20?,21-;8-,9-,10-,11-,12-;;;;;;;;;;;;;;;;;;;;;/m111...................../s1. The van der Waals surface area contributed by atoms with Gasteiger partial charge in [-0.1, -0.05) is 139 Å². The average molecular weight is 3080 g/mol. The van der Waals surface area contributed by atoms with E-state index in [-0.39, 0.29) is 595 Å². The van der Waals surface area contributed by atoms with Crippen molar-refractivity contribution in [2.45, 2.75) is 195 Å². The van der Waals surface area contributed by atoms with Crippen LogP contribution < -0.4 is 5.32 Å². The molecule has 5 saturated heterocycles. The first-order valence-corrected chi connectivity index (χ1v) is 29.3. The Bertz CT molecular complexity index is 2400. The predicted molar refractivity (Wildman–Crippen MR) is 315 cm³/mol.